The Morgan fingerprint density at radius 2 is 1.92 bits per heavy atom. The zero-order chi connectivity index (χ0) is 17.4. The average Bonchev–Trinajstić information content (AvgIpc) is 2.54. The molecule has 138 valence electrons. The van der Waals surface area contributed by atoms with E-state index in [1.807, 2.05) is 0 Å². The molecule has 0 saturated heterocycles. The van der Waals surface area contributed by atoms with E-state index in [1.54, 1.807) is 0 Å². The predicted molar refractivity (Wildman–Crippen MR) is 99.6 cm³/mol. The Morgan fingerprint density at radius 3 is 2.62 bits per heavy atom. The van der Waals surface area contributed by atoms with Crippen molar-refractivity contribution in [2.24, 2.45) is 34.5 Å². The van der Waals surface area contributed by atoms with Gasteiger partial charge >= 0.3 is 0 Å². The molecule has 7 atom stereocenters. The quantitative estimate of drug-likeness (QED) is 0.699. The number of rotatable bonds is 5. The third-order valence-electron chi connectivity index (χ3n) is 8.52. The van der Waals surface area contributed by atoms with Crippen LogP contribution in [0.2, 0.25) is 0 Å². The summed E-state index contributed by atoms with van der Waals surface area (Å²) < 4.78 is 0. The molecule has 3 rings (SSSR count). The normalized spacial score (nSPS) is 48.4. The molecule has 0 radical (unpaired) electrons. The molecule has 0 aliphatic heterocycles. The summed E-state index contributed by atoms with van der Waals surface area (Å²) in [5, 5.41) is 19.8. The minimum atomic E-state index is -0.0561. The lowest BCUT2D eigenvalue weighted by molar-refractivity contribution is -0.132. The second-order valence-electron chi connectivity index (χ2n) is 9.62. The van der Waals surface area contributed by atoms with Gasteiger partial charge in [-0.3, -0.25) is 0 Å². The topological polar surface area (TPSA) is 40.5 Å². The Morgan fingerprint density at radius 1 is 1.12 bits per heavy atom. The van der Waals surface area contributed by atoms with Crippen molar-refractivity contribution in [2.45, 2.75) is 84.2 Å². The second kappa shape index (κ2) is 7.11. The molecule has 0 aromatic carbocycles. The standard InChI is InChI=1S/C22H38O2/c1-4-5-6-19-18-8-7-16-15-17(24)9-12-22(16,3)20(18)10-11-21(19,2)13-14-23/h4,16-20,23-24H,1,5-15H2,2-3H3/t16?,17?,18-,19?,20?,21+,22-/m0/s1. The summed E-state index contributed by atoms with van der Waals surface area (Å²) >= 11 is 0. The van der Waals surface area contributed by atoms with Crippen LogP contribution in [0.1, 0.15) is 78.1 Å². The van der Waals surface area contributed by atoms with Crippen molar-refractivity contribution in [1.29, 1.82) is 0 Å². The van der Waals surface area contributed by atoms with E-state index in [1.165, 1.54) is 38.5 Å². The highest BCUT2D eigenvalue weighted by molar-refractivity contribution is 5.06. The maximum absolute atomic E-state index is 10.1. The number of hydrogen-bond donors (Lipinski definition) is 2. The summed E-state index contributed by atoms with van der Waals surface area (Å²) in [4.78, 5) is 0. The maximum atomic E-state index is 10.1. The number of allylic oxidation sites excluding steroid dienone is 1. The second-order valence-corrected chi connectivity index (χ2v) is 9.62. The van der Waals surface area contributed by atoms with Crippen LogP contribution in [0, 0.1) is 34.5 Å². The van der Waals surface area contributed by atoms with Crippen LogP contribution < -0.4 is 0 Å². The van der Waals surface area contributed by atoms with Gasteiger partial charge in [-0.1, -0.05) is 19.9 Å². The molecule has 0 aromatic heterocycles. The van der Waals surface area contributed by atoms with Crippen LogP contribution >= 0.6 is 0 Å². The number of aliphatic hydroxyl groups is 2. The predicted octanol–water partition coefficient (Wildman–Crippen LogP) is 4.94. The van der Waals surface area contributed by atoms with Gasteiger partial charge in [0.2, 0.25) is 0 Å². The average molecular weight is 335 g/mol. The molecule has 3 saturated carbocycles. The van der Waals surface area contributed by atoms with Gasteiger partial charge in [-0.25, -0.2) is 0 Å². The van der Waals surface area contributed by atoms with Crippen LogP contribution in [0.15, 0.2) is 12.7 Å². The van der Waals surface area contributed by atoms with E-state index in [-0.39, 0.29) is 6.10 Å². The highest BCUT2D eigenvalue weighted by Gasteiger charge is 2.56. The van der Waals surface area contributed by atoms with Crippen molar-refractivity contribution in [2.75, 3.05) is 6.61 Å². The van der Waals surface area contributed by atoms with Gasteiger partial charge in [-0.05, 0) is 98.7 Å². The van der Waals surface area contributed by atoms with E-state index in [0.717, 1.165) is 49.4 Å². The first-order valence-corrected chi connectivity index (χ1v) is 10.3. The van der Waals surface area contributed by atoms with Crippen LogP contribution in [0.3, 0.4) is 0 Å². The SMILES string of the molecule is C=CCCC1[C@@H]2CCC3CC(O)CC[C@]3(C)C2CC[C@]1(C)CCO. The van der Waals surface area contributed by atoms with Crippen molar-refractivity contribution in [3.8, 4) is 0 Å². The van der Waals surface area contributed by atoms with E-state index >= 15 is 0 Å². The van der Waals surface area contributed by atoms with Gasteiger partial charge in [0.05, 0.1) is 6.10 Å². The fourth-order valence-electron chi connectivity index (χ4n) is 7.06. The monoisotopic (exact) mass is 334 g/mol. The number of hydrogen-bond acceptors (Lipinski definition) is 2. The number of fused-ring (bicyclic) bond motifs is 3. The molecule has 0 bridgehead atoms. The smallest absolute Gasteiger partial charge is 0.0543 e. The molecule has 3 aliphatic carbocycles. The fourth-order valence-corrected chi connectivity index (χ4v) is 7.06. The Bertz CT molecular complexity index is 447. The minimum absolute atomic E-state index is 0.0561. The Kier molecular flexibility index (Phi) is 5.47. The summed E-state index contributed by atoms with van der Waals surface area (Å²) in [5.41, 5.74) is 0.741. The van der Waals surface area contributed by atoms with Crippen LogP contribution in [-0.4, -0.2) is 22.9 Å². The van der Waals surface area contributed by atoms with Crippen LogP contribution in [0.4, 0.5) is 0 Å². The Balaban J connectivity index is 1.85. The van der Waals surface area contributed by atoms with E-state index < -0.39 is 0 Å². The van der Waals surface area contributed by atoms with Gasteiger partial charge in [0.25, 0.3) is 0 Å². The van der Waals surface area contributed by atoms with Crippen LogP contribution in [0.5, 0.6) is 0 Å². The molecule has 3 aliphatic rings. The Hall–Kier alpha value is -0.340. The van der Waals surface area contributed by atoms with Crippen molar-refractivity contribution in [3.63, 3.8) is 0 Å². The van der Waals surface area contributed by atoms with Gasteiger partial charge in [0, 0.05) is 6.61 Å². The van der Waals surface area contributed by atoms with Gasteiger partial charge in [0.15, 0.2) is 0 Å². The molecule has 2 N–H and O–H groups in total. The zero-order valence-corrected chi connectivity index (χ0v) is 15.8. The molecule has 0 amide bonds. The fraction of sp³-hybridized carbons (Fsp3) is 0.909. The molecule has 4 unspecified atom stereocenters. The molecule has 0 spiro atoms. The van der Waals surface area contributed by atoms with Gasteiger partial charge in [-0.2, -0.15) is 0 Å². The zero-order valence-electron chi connectivity index (χ0n) is 15.8. The first-order valence-electron chi connectivity index (χ1n) is 10.3. The van der Waals surface area contributed by atoms with E-state index in [0.29, 0.717) is 17.4 Å². The van der Waals surface area contributed by atoms with Crippen LogP contribution in [-0.2, 0) is 0 Å². The Labute approximate surface area is 148 Å². The lowest BCUT2D eigenvalue weighted by atomic mass is 9.44. The lowest BCUT2D eigenvalue weighted by Crippen LogP contribution is -2.54. The summed E-state index contributed by atoms with van der Waals surface area (Å²) in [6.45, 7) is 9.26. The third-order valence-corrected chi connectivity index (χ3v) is 8.52. The molecule has 24 heavy (non-hydrogen) atoms. The van der Waals surface area contributed by atoms with Crippen molar-refractivity contribution in [3.05, 3.63) is 12.7 Å². The van der Waals surface area contributed by atoms with Gasteiger partial charge in [0.1, 0.15) is 0 Å². The van der Waals surface area contributed by atoms with Gasteiger partial charge in [-0.15, -0.1) is 6.58 Å². The third kappa shape index (κ3) is 3.09. The largest absolute Gasteiger partial charge is 0.396 e. The van der Waals surface area contributed by atoms with E-state index in [4.69, 9.17) is 0 Å². The molecular weight excluding hydrogens is 296 g/mol. The first-order chi connectivity index (χ1) is 11.4. The maximum Gasteiger partial charge on any atom is 0.0543 e. The molecular formula is C22H38O2. The first kappa shape index (κ1) is 18.5. The molecule has 2 nitrogen and oxygen atoms in total. The summed E-state index contributed by atoms with van der Waals surface area (Å²) in [6, 6.07) is 0. The highest BCUT2D eigenvalue weighted by atomic mass is 16.3. The molecule has 2 heteroatoms. The van der Waals surface area contributed by atoms with Crippen molar-refractivity contribution >= 4 is 0 Å². The molecule has 0 aromatic rings. The summed E-state index contributed by atoms with van der Waals surface area (Å²) in [5.74, 6) is 3.09. The summed E-state index contributed by atoms with van der Waals surface area (Å²) in [7, 11) is 0. The molecule has 3 fully saturated rings. The minimum Gasteiger partial charge on any atom is -0.396 e. The summed E-state index contributed by atoms with van der Waals surface area (Å²) in [6.07, 6.45) is 13.8. The van der Waals surface area contributed by atoms with Gasteiger partial charge < -0.3 is 10.2 Å². The lowest BCUT2D eigenvalue weighted by Gasteiger charge is -2.61. The number of aliphatic hydroxyl groups excluding tert-OH is 2. The highest BCUT2D eigenvalue weighted by Crippen LogP contribution is 2.64. The molecule has 0 heterocycles. The van der Waals surface area contributed by atoms with Crippen LogP contribution in [0.25, 0.3) is 0 Å². The van der Waals surface area contributed by atoms with Crippen molar-refractivity contribution in [1.82, 2.24) is 0 Å². The van der Waals surface area contributed by atoms with Crippen molar-refractivity contribution < 1.29 is 10.2 Å². The van der Waals surface area contributed by atoms with E-state index in [9.17, 15) is 10.2 Å². The van der Waals surface area contributed by atoms with E-state index in [2.05, 4.69) is 26.5 Å².